The second-order valence-electron chi connectivity index (χ2n) is 7.88. The zero-order valence-electron chi connectivity index (χ0n) is 17.9. The number of anilines is 2. The number of hydrogen-bond donors (Lipinski definition) is 2. The highest BCUT2D eigenvalue weighted by Crippen LogP contribution is 2.23. The van der Waals surface area contributed by atoms with E-state index in [4.69, 9.17) is 0 Å². The Morgan fingerprint density at radius 3 is 2.66 bits per heavy atom. The number of halogens is 1. The Labute approximate surface area is 184 Å². The number of carbonyl (C=O) groups is 2. The van der Waals surface area contributed by atoms with Gasteiger partial charge in [-0.05, 0) is 73.0 Å². The van der Waals surface area contributed by atoms with Gasteiger partial charge in [0.2, 0.25) is 5.91 Å². The molecule has 2 heterocycles. The van der Waals surface area contributed by atoms with Crippen molar-refractivity contribution in [2.75, 3.05) is 23.7 Å². The number of tetrazole rings is 1. The van der Waals surface area contributed by atoms with Crippen molar-refractivity contribution >= 4 is 23.3 Å². The number of piperidine rings is 1. The van der Waals surface area contributed by atoms with Crippen molar-refractivity contribution < 1.29 is 14.0 Å². The van der Waals surface area contributed by atoms with E-state index in [-0.39, 0.29) is 23.5 Å². The minimum atomic E-state index is -0.505. The van der Waals surface area contributed by atoms with Crippen molar-refractivity contribution in [2.24, 2.45) is 5.92 Å². The van der Waals surface area contributed by atoms with Crippen molar-refractivity contribution in [1.29, 1.82) is 0 Å². The summed E-state index contributed by atoms with van der Waals surface area (Å²) >= 11 is 0. The molecule has 0 spiro atoms. The fourth-order valence-corrected chi connectivity index (χ4v) is 3.75. The number of likely N-dealkylation sites (tertiary alicyclic amines) is 1. The Bertz CT molecular complexity index is 1150. The van der Waals surface area contributed by atoms with Crippen LogP contribution in [0.4, 0.5) is 20.6 Å². The molecular formula is C22H24FN7O2. The van der Waals surface area contributed by atoms with Gasteiger partial charge in [-0.3, -0.25) is 4.79 Å². The number of aryl methyl sites for hydroxylation is 2. The molecule has 166 valence electrons. The highest BCUT2D eigenvalue weighted by molar-refractivity contribution is 5.94. The van der Waals surface area contributed by atoms with Crippen molar-refractivity contribution in [2.45, 2.75) is 26.7 Å². The number of nitrogens with one attached hydrogen (secondary N) is 2. The second-order valence-corrected chi connectivity index (χ2v) is 7.88. The zero-order valence-corrected chi connectivity index (χ0v) is 17.9. The third kappa shape index (κ3) is 4.74. The second kappa shape index (κ2) is 9.13. The minimum absolute atomic E-state index is 0.146. The summed E-state index contributed by atoms with van der Waals surface area (Å²) in [6, 6.07) is 11.6. The zero-order chi connectivity index (χ0) is 22.7. The first kappa shape index (κ1) is 21.4. The lowest BCUT2D eigenvalue weighted by atomic mass is 9.97. The Kier molecular flexibility index (Phi) is 6.11. The molecule has 2 aromatic carbocycles. The van der Waals surface area contributed by atoms with Crippen molar-refractivity contribution in [3.05, 3.63) is 59.7 Å². The van der Waals surface area contributed by atoms with E-state index in [1.165, 1.54) is 22.9 Å². The van der Waals surface area contributed by atoms with E-state index >= 15 is 0 Å². The smallest absolute Gasteiger partial charge is 0.321 e. The molecule has 2 N–H and O–H groups in total. The van der Waals surface area contributed by atoms with E-state index in [0.717, 1.165) is 17.7 Å². The van der Waals surface area contributed by atoms with Crippen LogP contribution in [-0.4, -0.2) is 50.1 Å². The first-order chi connectivity index (χ1) is 15.4. The first-order valence-corrected chi connectivity index (χ1v) is 10.4. The molecular weight excluding hydrogens is 413 g/mol. The van der Waals surface area contributed by atoms with Gasteiger partial charge in [0.05, 0.1) is 5.92 Å². The van der Waals surface area contributed by atoms with E-state index in [0.29, 0.717) is 31.0 Å². The molecule has 1 fully saturated rings. The normalized spacial score (nSPS) is 16.0. The van der Waals surface area contributed by atoms with E-state index < -0.39 is 5.82 Å². The van der Waals surface area contributed by atoms with Crippen LogP contribution in [0.1, 0.15) is 24.2 Å². The summed E-state index contributed by atoms with van der Waals surface area (Å²) in [5, 5.41) is 16.8. The average molecular weight is 437 g/mol. The van der Waals surface area contributed by atoms with E-state index in [1.807, 2.05) is 31.2 Å². The number of aromatic nitrogens is 4. The maximum Gasteiger partial charge on any atom is 0.321 e. The number of benzene rings is 2. The molecule has 9 nitrogen and oxygen atoms in total. The van der Waals surface area contributed by atoms with E-state index in [2.05, 4.69) is 26.2 Å². The molecule has 1 aliphatic rings. The molecule has 0 bridgehead atoms. The van der Waals surface area contributed by atoms with Gasteiger partial charge < -0.3 is 15.5 Å². The summed E-state index contributed by atoms with van der Waals surface area (Å²) in [5.41, 5.74) is 2.35. The van der Waals surface area contributed by atoms with Crippen LogP contribution < -0.4 is 10.6 Å². The molecule has 1 aliphatic heterocycles. The Morgan fingerprint density at radius 2 is 1.91 bits per heavy atom. The summed E-state index contributed by atoms with van der Waals surface area (Å²) in [6.45, 7) is 4.51. The molecule has 0 aliphatic carbocycles. The number of urea groups is 1. The van der Waals surface area contributed by atoms with Crippen LogP contribution in [-0.2, 0) is 4.79 Å². The van der Waals surface area contributed by atoms with E-state index in [9.17, 15) is 14.0 Å². The predicted octanol–water partition coefficient (Wildman–Crippen LogP) is 3.30. The Hall–Kier alpha value is -3.82. The van der Waals surface area contributed by atoms with Crippen molar-refractivity contribution in [3.8, 4) is 5.69 Å². The number of rotatable bonds is 4. The van der Waals surface area contributed by atoms with Crippen LogP contribution in [0, 0.1) is 25.6 Å². The minimum Gasteiger partial charge on any atom is -0.326 e. The molecule has 3 aromatic rings. The van der Waals surface area contributed by atoms with Crippen molar-refractivity contribution in [1.82, 2.24) is 25.1 Å². The lowest BCUT2D eigenvalue weighted by Gasteiger charge is -2.32. The van der Waals surface area contributed by atoms with Crippen LogP contribution in [0.15, 0.2) is 42.5 Å². The molecule has 0 radical (unpaired) electrons. The number of amides is 3. The molecule has 1 saturated heterocycles. The lowest BCUT2D eigenvalue weighted by Crippen LogP contribution is -2.45. The van der Waals surface area contributed by atoms with Crippen LogP contribution >= 0.6 is 0 Å². The number of nitrogens with zero attached hydrogens (tertiary/aromatic N) is 5. The molecule has 4 rings (SSSR count). The van der Waals surface area contributed by atoms with Gasteiger partial charge in [-0.25, -0.2) is 9.18 Å². The predicted molar refractivity (Wildman–Crippen MR) is 117 cm³/mol. The van der Waals surface area contributed by atoms with Gasteiger partial charge in [0.15, 0.2) is 5.82 Å². The highest BCUT2D eigenvalue weighted by Gasteiger charge is 2.28. The topological polar surface area (TPSA) is 105 Å². The van der Waals surface area contributed by atoms with Gasteiger partial charge in [0, 0.05) is 24.5 Å². The summed E-state index contributed by atoms with van der Waals surface area (Å²) < 4.78 is 15.5. The number of hydrogen-bond acceptors (Lipinski definition) is 5. The summed E-state index contributed by atoms with van der Waals surface area (Å²) in [4.78, 5) is 27.2. The molecule has 0 saturated carbocycles. The Morgan fingerprint density at radius 1 is 1.09 bits per heavy atom. The number of carbonyl (C=O) groups excluding carboxylic acids is 2. The molecule has 1 aromatic heterocycles. The maximum atomic E-state index is 14.3. The molecule has 1 atom stereocenters. The van der Waals surface area contributed by atoms with Crippen LogP contribution in [0.5, 0.6) is 0 Å². The fourth-order valence-electron chi connectivity index (χ4n) is 3.75. The monoisotopic (exact) mass is 437 g/mol. The van der Waals surface area contributed by atoms with E-state index in [1.54, 1.807) is 11.8 Å². The fraction of sp³-hybridized carbons (Fsp3) is 0.318. The van der Waals surface area contributed by atoms with Crippen LogP contribution in [0.3, 0.4) is 0 Å². The molecule has 1 unspecified atom stereocenters. The van der Waals surface area contributed by atoms with Gasteiger partial charge in [-0.15, -0.1) is 5.10 Å². The average Bonchev–Trinajstić information content (AvgIpc) is 3.20. The quantitative estimate of drug-likeness (QED) is 0.652. The highest BCUT2D eigenvalue weighted by atomic mass is 19.1. The van der Waals surface area contributed by atoms with Gasteiger partial charge in [0.25, 0.3) is 0 Å². The van der Waals surface area contributed by atoms with Crippen LogP contribution in [0.2, 0.25) is 0 Å². The summed E-state index contributed by atoms with van der Waals surface area (Å²) in [5.74, 6) is -0.663. The Balaban J connectivity index is 1.41. The molecule has 3 amide bonds. The standard InChI is InChI=1S/C22H24FN7O2/c1-14-5-3-7-17(11-14)25-22(32)29-10-4-6-16(13-29)21(31)24-18-8-9-19(23)20(12-18)30-15(2)26-27-28-30/h3,5,7-9,11-12,16H,4,6,10,13H2,1-2H3,(H,24,31)(H,25,32). The van der Waals surface area contributed by atoms with Gasteiger partial charge >= 0.3 is 6.03 Å². The maximum absolute atomic E-state index is 14.3. The van der Waals surface area contributed by atoms with Gasteiger partial charge in [0.1, 0.15) is 11.5 Å². The van der Waals surface area contributed by atoms with Crippen LogP contribution in [0.25, 0.3) is 5.69 Å². The SMILES string of the molecule is Cc1cccc(NC(=O)N2CCCC(C(=O)Nc3ccc(F)c(-n4nnnc4C)c3)C2)c1. The first-order valence-electron chi connectivity index (χ1n) is 10.4. The summed E-state index contributed by atoms with van der Waals surface area (Å²) in [6.07, 6.45) is 1.39. The van der Waals surface area contributed by atoms with Gasteiger partial charge in [-0.1, -0.05) is 12.1 Å². The third-order valence-electron chi connectivity index (χ3n) is 5.42. The molecule has 32 heavy (non-hydrogen) atoms. The largest absolute Gasteiger partial charge is 0.326 e. The summed E-state index contributed by atoms with van der Waals surface area (Å²) in [7, 11) is 0. The lowest BCUT2D eigenvalue weighted by molar-refractivity contribution is -0.121. The van der Waals surface area contributed by atoms with Gasteiger partial charge in [-0.2, -0.15) is 4.68 Å². The molecule has 10 heteroatoms. The van der Waals surface area contributed by atoms with Crippen molar-refractivity contribution in [3.63, 3.8) is 0 Å². The third-order valence-corrected chi connectivity index (χ3v) is 5.42.